The second-order valence-corrected chi connectivity index (χ2v) is 4.30. The number of nitrogens with one attached hydrogen (secondary N) is 1. The van der Waals surface area contributed by atoms with E-state index >= 15 is 0 Å². The van der Waals surface area contributed by atoms with Gasteiger partial charge in [0.2, 0.25) is 0 Å². The molecule has 2 atom stereocenters. The van der Waals surface area contributed by atoms with Crippen LogP contribution in [-0.2, 0) is 0 Å². The summed E-state index contributed by atoms with van der Waals surface area (Å²) in [6, 6.07) is 3.42. The van der Waals surface area contributed by atoms with Crippen LogP contribution in [-0.4, -0.2) is 52.9 Å². The van der Waals surface area contributed by atoms with Crippen LogP contribution in [0, 0.1) is 0 Å². The number of carbonyl (C=O) groups is 1. The first-order valence-corrected chi connectivity index (χ1v) is 5.97. The van der Waals surface area contributed by atoms with Crippen LogP contribution >= 0.6 is 0 Å². The van der Waals surface area contributed by atoms with Crippen LogP contribution in [0.2, 0.25) is 0 Å². The second-order valence-electron chi connectivity index (χ2n) is 4.30. The summed E-state index contributed by atoms with van der Waals surface area (Å²) in [5.74, 6) is -0.223. The number of aromatic nitrogens is 1. The Morgan fingerprint density at radius 3 is 2.78 bits per heavy atom. The molecular weight excluding hydrogens is 234 g/mol. The molecule has 0 aromatic carbocycles. The Morgan fingerprint density at radius 2 is 2.17 bits per heavy atom. The van der Waals surface area contributed by atoms with Crippen molar-refractivity contribution in [3.05, 3.63) is 24.0 Å². The maximum Gasteiger partial charge on any atom is 0.269 e. The fraction of sp³-hybridized carbons (Fsp3) is 0.500. The maximum absolute atomic E-state index is 11.6. The molecule has 2 heterocycles. The molecule has 1 amide bonds. The summed E-state index contributed by atoms with van der Waals surface area (Å²) < 4.78 is 0. The van der Waals surface area contributed by atoms with Crippen molar-refractivity contribution >= 4 is 11.6 Å². The highest BCUT2D eigenvalue weighted by atomic mass is 16.3. The number of hydrogen-bond donors (Lipinski definition) is 3. The summed E-state index contributed by atoms with van der Waals surface area (Å²) in [7, 11) is 0. The van der Waals surface area contributed by atoms with Gasteiger partial charge in [-0.15, -0.1) is 0 Å². The van der Waals surface area contributed by atoms with Crippen molar-refractivity contribution in [1.82, 2.24) is 10.3 Å². The van der Waals surface area contributed by atoms with Gasteiger partial charge < -0.3 is 20.4 Å². The van der Waals surface area contributed by atoms with Crippen molar-refractivity contribution in [1.29, 1.82) is 0 Å². The molecule has 1 aliphatic rings. The molecule has 1 aromatic heterocycles. The van der Waals surface area contributed by atoms with Gasteiger partial charge in [0.1, 0.15) is 5.69 Å². The van der Waals surface area contributed by atoms with E-state index in [1.165, 1.54) is 0 Å². The van der Waals surface area contributed by atoms with E-state index in [9.17, 15) is 15.0 Å². The average molecular weight is 251 g/mol. The number of anilines is 1. The number of β-amino-alcohol motifs (C(OH)–C–C–N with tert-alkyl or cyclic N) is 2. The normalized spacial score (nSPS) is 23.2. The SMILES string of the molecule is CCNC(=O)c1cc(N2CC(O)C(O)C2)ccn1. The molecule has 0 saturated carbocycles. The largest absolute Gasteiger partial charge is 0.389 e. The Labute approximate surface area is 105 Å². The number of nitrogens with zero attached hydrogens (tertiary/aromatic N) is 2. The van der Waals surface area contributed by atoms with Gasteiger partial charge in [0, 0.05) is 31.5 Å². The topological polar surface area (TPSA) is 85.7 Å². The van der Waals surface area contributed by atoms with Crippen molar-refractivity contribution in [2.24, 2.45) is 0 Å². The maximum atomic E-state index is 11.6. The highest BCUT2D eigenvalue weighted by molar-refractivity contribution is 5.93. The van der Waals surface area contributed by atoms with E-state index in [1.807, 2.05) is 11.8 Å². The highest BCUT2D eigenvalue weighted by Crippen LogP contribution is 2.20. The number of aliphatic hydroxyl groups is 2. The molecule has 0 bridgehead atoms. The van der Waals surface area contributed by atoms with Crippen LogP contribution in [0.1, 0.15) is 17.4 Å². The lowest BCUT2D eigenvalue weighted by Crippen LogP contribution is -2.25. The Morgan fingerprint density at radius 1 is 1.50 bits per heavy atom. The summed E-state index contributed by atoms with van der Waals surface area (Å²) in [6.45, 7) is 3.11. The Bertz CT molecular complexity index is 428. The average Bonchev–Trinajstić information content (AvgIpc) is 2.70. The zero-order valence-electron chi connectivity index (χ0n) is 10.2. The van der Waals surface area contributed by atoms with Gasteiger partial charge in [-0.25, -0.2) is 0 Å². The summed E-state index contributed by atoms with van der Waals surface area (Å²) in [4.78, 5) is 17.5. The Balaban J connectivity index is 2.15. The second kappa shape index (κ2) is 5.32. The van der Waals surface area contributed by atoms with E-state index in [0.717, 1.165) is 5.69 Å². The lowest BCUT2D eigenvalue weighted by molar-refractivity contribution is 0.0572. The zero-order valence-corrected chi connectivity index (χ0v) is 10.2. The first-order chi connectivity index (χ1) is 8.61. The van der Waals surface area contributed by atoms with E-state index < -0.39 is 12.2 Å². The summed E-state index contributed by atoms with van der Waals surface area (Å²) >= 11 is 0. The lowest BCUT2D eigenvalue weighted by Gasteiger charge is -2.17. The monoisotopic (exact) mass is 251 g/mol. The lowest BCUT2D eigenvalue weighted by atomic mass is 10.3. The van der Waals surface area contributed by atoms with Crippen LogP contribution in [0.3, 0.4) is 0 Å². The van der Waals surface area contributed by atoms with E-state index in [4.69, 9.17) is 0 Å². The van der Waals surface area contributed by atoms with Crippen LogP contribution < -0.4 is 10.2 Å². The molecule has 3 N–H and O–H groups in total. The van der Waals surface area contributed by atoms with Gasteiger partial charge in [-0.2, -0.15) is 0 Å². The number of pyridine rings is 1. The summed E-state index contributed by atoms with van der Waals surface area (Å²) in [5, 5.41) is 21.7. The molecule has 1 aliphatic heterocycles. The number of rotatable bonds is 3. The van der Waals surface area contributed by atoms with Crippen molar-refractivity contribution in [2.75, 3.05) is 24.5 Å². The van der Waals surface area contributed by atoms with Gasteiger partial charge in [0.05, 0.1) is 12.2 Å². The first kappa shape index (κ1) is 12.8. The minimum Gasteiger partial charge on any atom is -0.389 e. The van der Waals surface area contributed by atoms with Gasteiger partial charge in [-0.05, 0) is 19.1 Å². The zero-order chi connectivity index (χ0) is 13.1. The molecule has 0 aliphatic carbocycles. The molecule has 18 heavy (non-hydrogen) atoms. The minimum atomic E-state index is -0.744. The van der Waals surface area contributed by atoms with Gasteiger partial charge >= 0.3 is 0 Å². The molecule has 1 saturated heterocycles. The summed E-state index contributed by atoms with van der Waals surface area (Å²) in [6.07, 6.45) is 0.0638. The molecule has 1 fully saturated rings. The van der Waals surface area contributed by atoms with E-state index in [2.05, 4.69) is 10.3 Å². The number of hydrogen-bond acceptors (Lipinski definition) is 5. The van der Waals surface area contributed by atoms with Gasteiger partial charge in [0.15, 0.2) is 0 Å². The van der Waals surface area contributed by atoms with E-state index in [-0.39, 0.29) is 5.91 Å². The van der Waals surface area contributed by atoms with Crippen LogP contribution in [0.15, 0.2) is 18.3 Å². The highest BCUT2D eigenvalue weighted by Gasteiger charge is 2.29. The van der Waals surface area contributed by atoms with Gasteiger partial charge in [-0.3, -0.25) is 9.78 Å². The molecule has 0 radical (unpaired) electrons. The van der Waals surface area contributed by atoms with E-state index in [0.29, 0.717) is 25.3 Å². The van der Waals surface area contributed by atoms with Crippen LogP contribution in [0.4, 0.5) is 5.69 Å². The molecule has 0 spiro atoms. The number of carbonyl (C=O) groups excluding carboxylic acids is 1. The van der Waals surface area contributed by atoms with E-state index in [1.54, 1.807) is 18.3 Å². The Kier molecular flexibility index (Phi) is 3.78. The van der Waals surface area contributed by atoms with Crippen molar-refractivity contribution in [2.45, 2.75) is 19.1 Å². The standard InChI is InChI=1S/C12H17N3O3/c1-2-13-12(18)9-5-8(3-4-14-9)15-6-10(16)11(17)7-15/h3-5,10-11,16-17H,2,6-7H2,1H3,(H,13,18). The predicted octanol–water partition coefficient (Wildman–Crippen LogP) is -0.627. The quantitative estimate of drug-likeness (QED) is 0.666. The molecule has 6 nitrogen and oxygen atoms in total. The van der Waals surface area contributed by atoms with Crippen molar-refractivity contribution in [3.63, 3.8) is 0 Å². The third-order valence-corrected chi connectivity index (χ3v) is 2.94. The molecule has 98 valence electrons. The fourth-order valence-electron chi connectivity index (χ4n) is 1.97. The summed E-state index contributed by atoms with van der Waals surface area (Å²) in [5.41, 5.74) is 1.12. The molecule has 6 heteroatoms. The molecule has 1 aromatic rings. The van der Waals surface area contributed by atoms with Crippen molar-refractivity contribution in [3.8, 4) is 0 Å². The van der Waals surface area contributed by atoms with Crippen LogP contribution in [0.5, 0.6) is 0 Å². The molecule has 2 rings (SSSR count). The fourth-order valence-corrected chi connectivity index (χ4v) is 1.97. The minimum absolute atomic E-state index is 0.223. The third-order valence-electron chi connectivity index (χ3n) is 2.94. The first-order valence-electron chi connectivity index (χ1n) is 5.97. The molecule has 2 unspecified atom stereocenters. The number of aliphatic hydroxyl groups excluding tert-OH is 2. The molecular formula is C12H17N3O3. The predicted molar refractivity (Wildman–Crippen MR) is 66.5 cm³/mol. The number of amides is 1. The van der Waals surface area contributed by atoms with Gasteiger partial charge in [-0.1, -0.05) is 0 Å². The van der Waals surface area contributed by atoms with Crippen LogP contribution in [0.25, 0.3) is 0 Å². The van der Waals surface area contributed by atoms with Crippen molar-refractivity contribution < 1.29 is 15.0 Å². The smallest absolute Gasteiger partial charge is 0.269 e. The third kappa shape index (κ3) is 2.60. The van der Waals surface area contributed by atoms with Gasteiger partial charge in [0.25, 0.3) is 5.91 Å². The Hall–Kier alpha value is -1.66.